The summed E-state index contributed by atoms with van der Waals surface area (Å²) in [6.45, 7) is 8.44. The van der Waals surface area contributed by atoms with Crippen molar-refractivity contribution in [3.63, 3.8) is 0 Å². The number of carbonyl (C=O) groups is 1. The molecule has 1 aromatic heterocycles. The largest absolute Gasteiger partial charge is 0.479 e. The second-order valence-electron chi connectivity index (χ2n) is 5.65. The first-order valence-electron chi connectivity index (χ1n) is 5.73. The Labute approximate surface area is 101 Å². The molecule has 0 saturated heterocycles. The maximum Gasteiger partial charge on any atom is 0.243 e. The van der Waals surface area contributed by atoms with Crippen LogP contribution in [0.15, 0.2) is 12.4 Å². The van der Waals surface area contributed by atoms with E-state index in [1.54, 1.807) is 0 Å². The topological polar surface area (TPSA) is 52.1 Å². The van der Waals surface area contributed by atoms with E-state index in [4.69, 9.17) is 4.74 Å². The van der Waals surface area contributed by atoms with Gasteiger partial charge in [-0.2, -0.15) is 0 Å². The highest BCUT2D eigenvalue weighted by molar-refractivity contribution is 6.01. The molecule has 0 radical (unpaired) electrons. The Bertz CT molecular complexity index is 452. The van der Waals surface area contributed by atoms with Gasteiger partial charge in [-0.25, -0.2) is 9.97 Å². The summed E-state index contributed by atoms with van der Waals surface area (Å²) in [5.74, 6) is 0.335. The summed E-state index contributed by atoms with van der Waals surface area (Å²) in [7, 11) is 1.50. The molecule has 0 aliphatic heterocycles. The van der Waals surface area contributed by atoms with Crippen molar-refractivity contribution in [3.8, 4) is 5.88 Å². The minimum atomic E-state index is -0.0133. The maximum atomic E-state index is 12.4. The quantitative estimate of drug-likeness (QED) is 0.753. The molecule has 0 spiro atoms. The summed E-state index contributed by atoms with van der Waals surface area (Å²) in [5, 5.41) is 0. The number of ketones is 1. The highest BCUT2D eigenvalue weighted by Gasteiger charge is 2.68. The predicted octanol–water partition coefficient (Wildman–Crippen LogP) is 2.35. The van der Waals surface area contributed by atoms with Crippen LogP contribution in [0.3, 0.4) is 0 Å². The molecule has 1 saturated carbocycles. The van der Waals surface area contributed by atoms with Gasteiger partial charge in [-0.05, 0) is 10.8 Å². The van der Waals surface area contributed by atoms with Crippen molar-refractivity contribution in [1.82, 2.24) is 9.97 Å². The molecule has 0 amide bonds. The van der Waals surface area contributed by atoms with Gasteiger partial charge >= 0.3 is 0 Å². The van der Waals surface area contributed by atoms with Crippen LogP contribution in [0.4, 0.5) is 0 Å². The van der Waals surface area contributed by atoms with Crippen LogP contribution in [-0.4, -0.2) is 22.9 Å². The van der Waals surface area contributed by atoms with Crippen LogP contribution in [0.1, 0.15) is 38.2 Å². The van der Waals surface area contributed by atoms with Gasteiger partial charge < -0.3 is 4.74 Å². The molecular weight excluding hydrogens is 216 g/mol. The fraction of sp³-hybridized carbons (Fsp3) is 0.615. The van der Waals surface area contributed by atoms with Crippen molar-refractivity contribution in [1.29, 1.82) is 0 Å². The van der Waals surface area contributed by atoms with E-state index in [1.807, 2.05) is 0 Å². The summed E-state index contributed by atoms with van der Waals surface area (Å²) in [6.07, 6.45) is 3.05. The van der Waals surface area contributed by atoms with Crippen LogP contribution in [-0.2, 0) is 0 Å². The highest BCUT2D eigenvalue weighted by Crippen LogP contribution is 2.69. The van der Waals surface area contributed by atoms with Gasteiger partial charge in [-0.1, -0.05) is 27.7 Å². The zero-order valence-electron chi connectivity index (χ0n) is 10.9. The number of methoxy groups -OCH3 is 1. The van der Waals surface area contributed by atoms with Crippen LogP contribution >= 0.6 is 0 Å². The third kappa shape index (κ3) is 1.54. The van der Waals surface area contributed by atoms with Gasteiger partial charge in [0.05, 0.1) is 7.11 Å². The second-order valence-corrected chi connectivity index (χ2v) is 5.65. The SMILES string of the molecule is COc1nccnc1C(=O)C1C(C)(C)C1(C)C. The third-order valence-corrected chi connectivity index (χ3v) is 4.37. The maximum absolute atomic E-state index is 12.4. The van der Waals surface area contributed by atoms with Crippen LogP contribution in [0.2, 0.25) is 0 Å². The Morgan fingerprint density at radius 3 is 2.18 bits per heavy atom. The molecule has 2 rings (SSSR count). The zero-order chi connectivity index (χ0) is 12.8. The molecule has 4 heteroatoms. The molecule has 0 bridgehead atoms. The van der Waals surface area contributed by atoms with Gasteiger partial charge in [-0.3, -0.25) is 4.79 Å². The lowest BCUT2D eigenvalue weighted by Gasteiger charge is -2.05. The van der Waals surface area contributed by atoms with Crippen molar-refractivity contribution in [3.05, 3.63) is 18.1 Å². The Hall–Kier alpha value is -1.45. The molecule has 0 atom stereocenters. The minimum Gasteiger partial charge on any atom is -0.479 e. The average Bonchev–Trinajstić information content (AvgIpc) is 2.68. The molecule has 4 nitrogen and oxygen atoms in total. The van der Waals surface area contributed by atoms with Crippen molar-refractivity contribution in [2.75, 3.05) is 7.11 Å². The normalized spacial score (nSPS) is 21.0. The van der Waals surface area contributed by atoms with E-state index < -0.39 is 0 Å². The van der Waals surface area contributed by atoms with E-state index in [9.17, 15) is 4.79 Å². The molecule has 1 heterocycles. The van der Waals surface area contributed by atoms with Crippen LogP contribution < -0.4 is 4.74 Å². The molecule has 0 N–H and O–H groups in total. The zero-order valence-corrected chi connectivity index (χ0v) is 10.9. The minimum absolute atomic E-state index is 0.00656. The number of carbonyl (C=O) groups excluding carboxylic acids is 1. The van der Waals surface area contributed by atoms with E-state index in [-0.39, 0.29) is 22.5 Å². The van der Waals surface area contributed by atoms with Crippen molar-refractivity contribution in [2.24, 2.45) is 16.7 Å². The standard InChI is InChI=1S/C13H18N2O2/c1-12(2)10(13(12,3)4)9(16)8-11(17-5)15-7-6-14-8/h6-7,10H,1-5H3. The molecule has 17 heavy (non-hydrogen) atoms. The average molecular weight is 234 g/mol. The van der Waals surface area contributed by atoms with E-state index in [0.717, 1.165) is 0 Å². The number of aromatic nitrogens is 2. The molecular formula is C13H18N2O2. The summed E-state index contributed by atoms with van der Waals surface area (Å²) < 4.78 is 5.09. The van der Waals surface area contributed by atoms with E-state index in [2.05, 4.69) is 37.7 Å². The van der Waals surface area contributed by atoms with Gasteiger partial charge in [-0.15, -0.1) is 0 Å². The molecule has 1 aliphatic carbocycles. The molecule has 1 fully saturated rings. The Kier molecular flexibility index (Phi) is 2.49. The Morgan fingerprint density at radius 2 is 1.71 bits per heavy atom. The monoisotopic (exact) mass is 234 g/mol. The van der Waals surface area contributed by atoms with E-state index in [1.165, 1.54) is 19.5 Å². The summed E-state index contributed by atoms with van der Waals surface area (Å²) in [4.78, 5) is 20.6. The van der Waals surface area contributed by atoms with E-state index in [0.29, 0.717) is 11.6 Å². The smallest absolute Gasteiger partial charge is 0.243 e. The van der Waals surface area contributed by atoms with Crippen molar-refractivity contribution >= 4 is 5.78 Å². The molecule has 1 aromatic rings. The van der Waals surface area contributed by atoms with Gasteiger partial charge in [0.15, 0.2) is 11.5 Å². The van der Waals surface area contributed by atoms with Gasteiger partial charge in [0.2, 0.25) is 5.88 Å². The third-order valence-electron chi connectivity index (χ3n) is 4.37. The fourth-order valence-corrected chi connectivity index (χ4v) is 2.63. The Balaban J connectivity index is 2.34. The van der Waals surface area contributed by atoms with Crippen molar-refractivity contribution < 1.29 is 9.53 Å². The lowest BCUT2D eigenvalue weighted by atomic mass is 10.0. The number of nitrogens with zero attached hydrogens (tertiary/aromatic N) is 2. The van der Waals surface area contributed by atoms with Gasteiger partial charge in [0.1, 0.15) is 0 Å². The van der Waals surface area contributed by atoms with Gasteiger partial charge in [0, 0.05) is 18.3 Å². The first-order valence-corrected chi connectivity index (χ1v) is 5.73. The first kappa shape index (κ1) is 12.0. The summed E-state index contributed by atoms with van der Waals surface area (Å²) >= 11 is 0. The second kappa shape index (κ2) is 3.52. The lowest BCUT2D eigenvalue weighted by molar-refractivity contribution is 0.0936. The summed E-state index contributed by atoms with van der Waals surface area (Å²) in [6, 6.07) is 0. The highest BCUT2D eigenvalue weighted by atomic mass is 16.5. The number of rotatable bonds is 3. The molecule has 0 unspecified atom stereocenters. The van der Waals surface area contributed by atoms with Crippen LogP contribution in [0.25, 0.3) is 0 Å². The number of hydrogen-bond acceptors (Lipinski definition) is 4. The van der Waals surface area contributed by atoms with Crippen LogP contribution in [0, 0.1) is 16.7 Å². The molecule has 0 aromatic carbocycles. The number of hydrogen-bond donors (Lipinski definition) is 0. The number of ether oxygens (including phenoxy) is 1. The fourth-order valence-electron chi connectivity index (χ4n) is 2.63. The first-order chi connectivity index (χ1) is 7.84. The van der Waals surface area contributed by atoms with E-state index >= 15 is 0 Å². The number of Topliss-reactive ketones (excluding diaryl/α,β-unsaturated/α-hetero) is 1. The summed E-state index contributed by atoms with van der Waals surface area (Å²) in [5.41, 5.74) is 0.359. The molecule has 92 valence electrons. The van der Waals surface area contributed by atoms with Crippen molar-refractivity contribution in [2.45, 2.75) is 27.7 Å². The predicted molar refractivity (Wildman–Crippen MR) is 64.0 cm³/mol. The van der Waals surface area contributed by atoms with Crippen LogP contribution in [0.5, 0.6) is 5.88 Å². The lowest BCUT2D eigenvalue weighted by Crippen LogP contribution is -2.12. The molecule has 1 aliphatic rings. The Morgan fingerprint density at radius 1 is 1.18 bits per heavy atom. The van der Waals surface area contributed by atoms with Gasteiger partial charge in [0.25, 0.3) is 0 Å².